The van der Waals surface area contributed by atoms with Crippen LogP contribution in [0.2, 0.25) is 5.02 Å². The number of hydrogen-bond acceptors (Lipinski definition) is 4. The van der Waals surface area contributed by atoms with Crippen LogP contribution in [-0.2, 0) is 11.3 Å². The number of nitrogens with zero attached hydrogens (tertiary/aromatic N) is 2. The first kappa shape index (κ1) is 18.6. The zero-order valence-electron chi connectivity index (χ0n) is 12.7. The Bertz CT molecular complexity index is 702. The molecule has 0 bridgehead atoms. The molecule has 1 saturated heterocycles. The molecular weight excluding hydrogens is 354 g/mol. The number of rotatable bonds is 4. The number of aromatic nitrogens is 2. The Morgan fingerprint density at radius 2 is 2.25 bits per heavy atom. The number of carbonyl (C=O) groups is 1. The van der Waals surface area contributed by atoms with E-state index in [1.54, 1.807) is 30.7 Å². The van der Waals surface area contributed by atoms with Crippen LogP contribution in [0.5, 0.6) is 0 Å². The summed E-state index contributed by atoms with van der Waals surface area (Å²) in [6.45, 7) is 0.514. The fourth-order valence-electron chi connectivity index (χ4n) is 2.59. The lowest BCUT2D eigenvalue weighted by Crippen LogP contribution is -2.40. The van der Waals surface area contributed by atoms with Crippen LogP contribution in [0.3, 0.4) is 0 Å². The van der Waals surface area contributed by atoms with E-state index in [-0.39, 0.29) is 31.3 Å². The second-order valence-corrected chi connectivity index (χ2v) is 5.84. The average Bonchev–Trinajstić information content (AvgIpc) is 3.00. The van der Waals surface area contributed by atoms with Gasteiger partial charge in [0.1, 0.15) is 6.17 Å². The van der Waals surface area contributed by atoms with Gasteiger partial charge in [0.05, 0.1) is 17.9 Å². The minimum atomic E-state index is -0.966. The molecule has 2 aromatic rings. The van der Waals surface area contributed by atoms with Gasteiger partial charge in [-0.15, -0.1) is 12.4 Å². The van der Waals surface area contributed by atoms with Crippen LogP contribution < -0.4 is 10.6 Å². The maximum atomic E-state index is 13.2. The van der Waals surface area contributed by atoms with E-state index in [1.165, 1.54) is 0 Å². The van der Waals surface area contributed by atoms with Crippen molar-refractivity contribution in [3.63, 3.8) is 0 Å². The van der Waals surface area contributed by atoms with Gasteiger partial charge in [-0.05, 0) is 17.7 Å². The van der Waals surface area contributed by atoms with E-state index in [2.05, 4.69) is 20.6 Å². The van der Waals surface area contributed by atoms with Gasteiger partial charge in [-0.25, -0.2) is 4.39 Å². The molecule has 1 aliphatic heterocycles. The third-order valence-corrected chi connectivity index (χ3v) is 3.99. The third-order valence-electron chi connectivity index (χ3n) is 3.75. The van der Waals surface area contributed by atoms with Crippen molar-refractivity contribution in [1.82, 2.24) is 20.6 Å². The predicted octanol–water partition coefficient (Wildman–Crippen LogP) is 2.53. The third kappa shape index (κ3) is 4.41. The molecule has 3 rings (SSSR count). The number of amides is 1. The number of benzene rings is 1. The molecule has 0 aliphatic carbocycles. The zero-order chi connectivity index (χ0) is 16.2. The second kappa shape index (κ2) is 8.37. The number of halogens is 3. The molecule has 128 valence electrons. The minimum absolute atomic E-state index is 0. The molecule has 1 aromatic heterocycles. The number of nitrogens with one attached hydrogen (secondary N) is 2. The van der Waals surface area contributed by atoms with Gasteiger partial charge in [-0.2, -0.15) is 0 Å². The van der Waals surface area contributed by atoms with Crippen LogP contribution in [0.4, 0.5) is 4.39 Å². The highest BCUT2D eigenvalue weighted by Crippen LogP contribution is 2.24. The minimum Gasteiger partial charge on any atom is -0.351 e. The molecule has 0 unspecified atom stereocenters. The molecule has 0 spiro atoms. The smallest absolute Gasteiger partial charge is 0.237 e. The van der Waals surface area contributed by atoms with Crippen molar-refractivity contribution in [2.75, 3.05) is 6.54 Å². The summed E-state index contributed by atoms with van der Waals surface area (Å²) in [5.74, 6) is -0.213. The normalized spacial score (nSPS) is 19.6. The number of carbonyl (C=O) groups excluding carboxylic acids is 1. The van der Waals surface area contributed by atoms with Crippen molar-refractivity contribution < 1.29 is 9.18 Å². The second-order valence-electron chi connectivity index (χ2n) is 5.40. The Kier molecular flexibility index (Phi) is 6.48. The maximum Gasteiger partial charge on any atom is 0.237 e. The predicted molar refractivity (Wildman–Crippen MR) is 92.9 cm³/mol. The van der Waals surface area contributed by atoms with Gasteiger partial charge in [0.2, 0.25) is 5.91 Å². The van der Waals surface area contributed by atoms with Crippen molar-refractivity contribution in [2.24, 2.45) is 0 Å². The van der Waals surface area contributed by atoms with Crippen molar-refractivity contribution >= 4 is 29.9 Å². The van der Waals surface area contributed by atoms with Crippen molar-refractivity contribution in [2.45, 2.75) is 25.2 Å². The molecular formula is C16H17Cl2FN4O. The van der Waals surface area contributed by atoms with Gasteiger partial charge >= 0.3 is 0 Å². The Morgan fingerprint density at radius 1 is 1.42 bits per heavy atom. The summed E-state index contributed by atoms with van der Waals surface area (Å²) in [5, 5.41) is 6.26. The maximum absolute atomic E-state index is 13.2. The first-order valence-electron chi connectivity index (χ1n) is 7.33. The molecule has 1 aliphatic rings. The molecule has 24 heavy (non-hydrogen) atoms. The number of alkyl halides is 1. The van der Waals surface area contributed by atoms with Crippen LogP contribution in [0, 0.1) is 0 Å². The Morgan fingerprint density at radius 3 is 2.92 bits per heavy atom. The molecule has 2 heterocycles. The van der Waals surface area contributed by atoms with E-state index in [9.17, 15) is 9.18 Å². The lowest BCUT2D eigenvalue weighted by Gasteiger charge is -2.13. The monoisotopic (exact) mass is 370 g/mol. The molecule has 8 heteroatoms. The summed E-state index contributed by atoms with van der Waals surface area (Å²) in [6, 6.07) is 4.91. The molecule has 1 aromatic carbocycles. The average molecular weight is 371 g/mol. The molecule has 5 nitrogen and oxygen atoms in total. The van der Waals surface area contributed by atoms with E-state index in [1.807, 2.05) is 6.07 Å². The van der Waals surface area contributed by atoms with Gasteiger partial charge in [0.15, 0.2) is 0 Å². The highest BCUT2D eigenvalue weighted by atomic mass is 35.5. The quantitative estimate of drug-likeness (QED) is 0.867. The van der Waals surface area contributed by atoms with Crippen molar-refractivity contribution in [1.29, 1.82) is 0 Å². The summed E-state index contributed by atoms with van der Waals surface area (Å²) in [6.07, 6.45) is 4.10. The van der Waals surface area contributed by atoms with Crippen LogP contribution >= 0.6 is 24.0 Å². The Hall–Kier alpha value is -1.76. The van der Waals surface area contributed by atoms with Crippen LogP contribution in [0.15, 0.2) is 36.8 Å². The molecule has 1 fully saturated rings. The van der Waals surface area contributed by atoms with E-state index < -0.39 is 12.2 Å². The summed E-state index contributed by atoms with van der Waals surface area (Å²) in [5.41, 5.74) is 2.39. The largest absolute Gasteiger partial charge is 0.351 e. The SMILES string of the molecule is Cl.O=C(NCc1cc(Cl)ccc1-c1cnccn1)[C@@H]1C[C@@H](F)CN1. The summed E-state index contributed by atoms with van der Waals surface area (Å²) >= 11 is 6.06. The van der Waals surface area contributed by atoms with Crippen LogP contribution in [0.1, 0.15) is 12.0 Å². The van der Waals surface area contributed by atoms with Gasteiger partial charge in [-0.1, -0.05) is 17.7 Å². The van der Waals surface area contributed by atoms with Gasteiger partial charge in [0, 0.05) is 42.5 Å². The van der Waals surface area contributed by atoms with Crippen LogP contribution in [0.25, 0.3) is 11.3 Å². The summed E-state index contributed by atoms with van der Waals surface area (Å²) in [7, 11) is 0. The van der Waals surface area contributed by atoms with Crippen molar-refractivity contribution in [3.05, 3.63) is 47.4 Å². The molecule has 0 saturated carbocycles. The molecule has 2 N–H and O–H groups in total. The lowest BCUT2D eigenvalue weighted by atomic mass is 10.0. The van der Waals surface area contributed by atoms with Crippen molar-refractivity contribution in [3.8, 4) is 11.3 Å². The Labute approximate surface area is 150 Å². The highest BCUT2D eigenvalue weighted by Gasteiger charge is 2.29. The first-order chi connectivity index (χ1) is 11.1. The molecule has 2 atom stereocenters. The Balaban J connectivity index is 0.00000208. The fourth-order valence-corrected chi connectivity index (χ4v) is 2.79. The molecule has 0 radical (unpaired) electrons. The highest BCUT2D eigenvalue weighted by molar-refractivity contribution is 6.30. The first-order valence-corrected chi connectivity index (χ1v) is 7.71. The van der Waals surface area contributed by atoms with E-state index in [4.69, 9.17) is 11.6 Å². The van der Waals surface area contributed by atoms with Gasteiger partial charge in [-0.3, -0.25) is 14.8 Å². The van der Waals surface area contributed by atoms with Gasteiger partial charge in [0.25, 0.3) is 0 Å². The zero-order valence-corrected chi connectivity index (χ0v) is 14.3. The van der Waals surface area contributed by atoms with E-state index in [0.29, 0.717) is 17.3 Å². The van der Waals surface area contributed by atoms with Crippen LogP contribution in [-0.4, -0.2) is 34.6 Å². The fraction of sp³-hybridized carbons (Fsp3) is 0.312. The molecule has 1 amide bonds. The van der Waals surface area contributed by atoms with E-state index >= 15 is 0 Å². The number of hydrogen-bond donors (Lipinski definition) is 2. The summed E-state index contributed by atoms with van der Waals surface area (Å²) in [4.78, 5) is 20.4. The van der Waals surface area contributed by atoms with E-state index in [0.717, 1.165) is 11.1 Å². The topological polar surface area (TPSA) is 66.9 Å². The standard InChI is InChI=1S/C16H16ClFN4O.ClH/c17-11-1-2-13(15-9-19-3-4-20-15)10(5-11)7-22-16(23)14-6-12(18)8-21-14;/h1-5,9,12,14,21H,6-8H2,(H,22,23);1H/t12-,14+;/m1./s1. The summed E-state index contributed by atoms with van der Waals surface area (Å²) < 4.78 is 13.2. The lowest BCUT2D eigenvalue weighted by molar-refractivity contribution is -0.123. The van der Waals surface area contributed by atoms with Gasteiger partial charge < -0.3 is 10.6 Å².